The summed E-state index contributed by atoms with van der Waals surface area (Å²) in [5.74, 6) is 6.43. The number of aliphatic hydroxyl groups excluding tert-OH is 1. The average molecular weight is 295 g/mol. The molecule has 0 aliphatic heterocycles. The topological polar surface area (TPSA) is 96.1 Å². The lowest BCUT2D eigenvalue weighted by molar-refractivity contribution is 0.132. The number of nitrogens with one attached hydrogen (secondary N) is 2. The van der Waals surface area contributed by atoms with Gasteiger partial charge in [-0.25, -0.2) is 10.8 Å². The van der Waals surface area contributed by atoms with Crippen molar-refractivity contribution < 1.29 is 5.11 Å². The van der Waals surface area contributed by atoms with Gasteiger partial charge in [0.25, 0.3) is 0 Å². The van der Waals surface area contributed by atoms with E-state index in [4.69, 9.17) is 5.84 Å². The highest BCUT2D eigenvalue weighted by Gasteiger charge is 2.17. The summed E-state index contributed by atoms with van der Waals surface area (Å²) in [5, 5.41) is 16.1. The number of hydrazine groups is 1. The Balaban J connectivity index is 2.11. The summed E-state index contributed by atoms with van der Waals surface area (Å²) in [7, 11) is 0. The van der Waals surface area contributed by atoms with E-state index in [2.05, 4.69) is 41.5 Å². The zero-order chi connectivity index (χ0) is 14.8. The molecule has 0 bridgehead atoms. The number of rotatable bonds is 5. The molecule has 1 unspecified atom stereocenters. The van der Waals surface area contributed by atoms with E-state index in [0.717, 1.165) is 16.6 Å². The molecule has 2 heterocycles. The molecule has 0 aromatic carbocycles. The smallest absolute Gasteiger partial charge is 0.240 e. The molecule has 2 aromatic heterocycles. The van der Waals surface area contributed by atoms with Crippen molar-refractivity contribution in [3.8, 4) is 0 Å². The second-order valence-corrected chi connectivity index (χ2v) is 6.87. The molecule has 0 fully saturated rings. The van der Waals surface area contributed by atoms with Gasteiger partial charge >= 0.3 is 0 Å². The van der Waals surface area contributed by atoms with Crippen LogP contribution in [0.5, 0.6) is 0 Å². The zero-order valence-electron chi connectivity index (χ0n) is 12.0. The molecule has 0 saturated heterocycles. The summed E-state index contributed by atoms with van der Waals surface area (Å²) < 4.78 is 0. The Morgan fingerprint density at radius 3 is 2.80 bits per heavy atom. The normalized spacial score (nSPS) is 13.4. The van der Waals surface area contributed by atoms with Gasteiger partial charge in [-0.2, -0.15) is 4.98 Å². The van der Waals surface area contributed by atoms with E-state index in [-0.39, 0.29) is 5.41 Å². The molecule has 0 spiro atoms. The van der Waals surface area contributed by atoms with E-state index in [9.17, 15) is 5.11 Å². The Hall–Kier alpha value is -1.44. The lowest BCUT2D eigenvalue weighted by Gasteiger charge is -2.22. The first-order chi connectivity index (χ1) is 9.39. The minimum absolute atomic E-state index is 0.0917. The molecular weight excluding hydrogens is 274 g/mol. The molecule has 6 nitrogen and oxygen atoms in total. The fourth-order valence-electron chi connectivity index (χ4n) is 2.05. The highest BCUT2D eigenvalue weighted by molar-refractivity contribution is 7.16. The highest BCUT2D eigenvalue weighted by Crippen LogP contribution is 2.27. The number of aromatic nitrogens is 2. The molecule has 20 heavy (non-hydrogen) atoms. The number of nitrogen functional groups attached to an aromatic ring is 1. The predicted molar refractivity (Wildman–Crippen MR) is 83.8 cm³/mol. The van der Waals surface area contributed by atoms with Gasteiger partial charge in [0.15, 0.2) is 0 Å². The lowest BCUT2D eigenvalue weighted by atomic mass is 9.89. The Morgan fingerprint density at radius 1 is 1.40 bits per heavy atom. The fraction of sp³-hybridized carbons (Fsp3) is 0.538. The average Bonchev–Trinajstić information content (AvgIpc) is 2.81. The Morgan fingerprint density at radius 2 is 2.15 bits per heavy atom. The lowest BCUT2D eigenvalue weighted by Crippen LogP contribution is -2.25. The van der Waals surface area contributed by atoms with Gasteiger partial charge in [0.1, 0.15) is 10.6 Å². The largest absolute Gasteiger partial charge is 0.391 e. The molecule has 2 aromatic rings. The third-order valence-electron chi connectivity index (χ3n) is 2.81. The number of nitrogens with two attached hydrogens (primary N) is 1. The van der Waals surface area contributed by atoms with Gasteiger partial charge < -0.3 is 10.4 Å². The molecule has 7 heteroatoms. The summed E-state index contributed by atoms with van der Waals surface area (Å²) >= 11 is 1.53. The van der Waals surface area contributed by atoms with Gasteiger partial charge in [-0.15, -0.1) is 11.3 Å². The van der Waals surface area contributed by atoms with E-state index in [1.54, 1.807) is 0 Å². The number of nitrogens with zero attached hydrogens (tertiary/aromatic N) is 2. The van der Waals surface area contributed by atoms with Gasteiger partial charge in [-0.3, -0.25) is 5.43 Å². The molecule has 0 saturated carbocycles. The third kappa shape index (κ3) is 3.78. The molecule has 1 atom stereocenters. The number of fused-ring (bicyclic) bond motifs is 1. The van der Waals surface area contributed by atoms with Crippen LogP contribution >= 0.6 is 11.3 Å². The van der Waals surface area contributed by atoms with Crippen LogP contribution in [-0.4, -0.2) is 27.7 Å². The summed E-state index contributed by atoms with van der Waals surface area (Å²) in [6.07, 6.45) is 0.299. The number of anilines is 2. The number of hydrogen-bond acceptors (Lipinski definition) is 7. The minimum Gasteiger partial charge on any atom is -0.391 e. The van der Waals surface area contributed by atoms with Gasteiger partial charge in [-0.05, 0) is 23.3 Å². The van der Waals surface area contributed by atoms with Crippen LogP contribution in [0, 0.1) is 5.41 Å². The van der Waals surface area contributed by atoms with Crippen molar-refractivity contribution in [2.24, 2.45) is 11.3 Å². The Labute approximate surface area is 122 Å². The fourth-order valence-corrected chi connectivity index (χ4v) is 2.81. The van der Waals surface area contributed by atoms with Crippen LogP contribution in [0.3, 0.4) is 0 Å². The van der Waals surface area contributed by atoms with Gasteiger partial charge in [0.2, 0.25) is 5.95 Å². The monoisotopic (exact) mass is 295 g/mol. The zero-order valence-corrected chi connectivity index (χ0v) is 12.8. The molecule has 0 aliphatic carbocycles. The SMILES string of the molecule is CC(C)(C)CC(O)CNc1nc(NN)nc2sccc12. The molecular formula is C13H21N5OS. The predicted octanol–water partition coefficient (Wildman–Crippen LogP) is 2.19. The van der Waals surface area contributed by atoms with Gasteiger partial charge in [0, 0.05) is 6.54 Å². The number of aliphatic hydroxyl groups is 1. The summed E-state index contributed by atoms with van der Waals surface area (Å²) in [5.41, 5.74) is 2.55. The maximum absolute atomic E-state index is 10.1. The van der Waals surface area contributed by atoms with Crippen molar-refractivity contribution in [2.75, 3.05) is 17.3 Å². The van der Waals surface area contributed by atoms with Crippen LogP contribution in [0.25, 0.3) is 10.2 Å². The molecule has 110 valence electrons. The number of hydrogen-bond donors (Lipinski definition) is 4. The third-order valence-corrected chi connectivity index (χ3v) is 3.61. The van der Waals surface area contributed by atoms with Crippen molar-refractivity contribution in [3.63, 3.8) is 0 Å². The first-order valence-corrected chi connectivity index (χ1v) is 7.41. The number of thiophene rings is 1. The highest BCUT2D eigenvalue weighted by atomic mass is 32.1. The van der Waals surface area contributed by atoms with Crippen molar-refractivity contribution >= 4 is 33.3 Å². The van der Waals surface area contributed by atoms with Crippen LogP contribution < -0.4 is 16.6 Å². The van der Waals surface area contributed by atoms with E-state index in [1.165, 1.54) is 11.3 Å². The molecule has 0 amide bonds. The Bertz CT molecular complexity index is 578. The van der Waals surface area contributed by atoms with E-state index in [1.807, 2.05) is 11.4 Å². The maximum Gasteiger partial charge on any atom is 0.240 e. The van der Waals surface area contributed by atoms with E-state index in [0.29, 0.717) is 18.3 Å². The Kier molecular flexibility index (Phi) is 4.42. The van der Waals surface area contributed by atoms with Crippen LogP contribution in [0.4, 0.5) is 11.8 Å². The molecule has 5 N–H and O–H groups in total. The first kappa shape index (κ1) is 15.0. The second kappa shape index (κ2) is 5.90. The molecule has 0 aliphatic rings. The second-order valence-electron chi connectivity index (χ2n) is 5.98. The summed E-state index contributed by atoms with van der Waals surface area (Å²) in [6, 6.07) is 1.96. The van der Waals surface area contributed by atoms with Crippen LogP contribution in [0.15, 0.2) is 11.4 Å². The standard InChI is InChI=1S/C13H21N5OS/c1-13(2,3)6-8(19)7-15-10-9-4-5-20-11(9)17-12(16-10)18-14/h4-5,8,19H,6-7,14H2,1-3H3,(H2,15,16,17,18). The molecule has 0 radical (unpaired) electrons. The van der Waals surface area contributed by atoms with Crippen LogP contribution in [-0.2, 0) is 0 Å². The summed E-state index contributed by atoms with van der Waals surface area (Å²) in [6.45, 7) is 6.76. The van der Waals surface area contributed by atoms with Crippen molar-refractivity contribution in [1.82, 2.24) is 9.97 Å². The minimum atomic E-state index is -0.423. The van der Waals surface area contributed by atoms with Crippen LogP contribution in [0.2, 0.25) is 0 Å². The first-order valence-electron chi connectivity index (χ1n) is 6.53. The van der Waals surface area contributed by atoms with Gasteiger partial charge in [0.05, 0.1) is 11.5 Å². The maximum atomic E-state index is 10.1. The van der Waals surface area contributed by atoms with E-state index >= 15 is 0 Å². The van der Waals surface area contributed by atoms with Crippen molar-refractivity contribution in [2.45, 2.75) is 33.3 Å². The van der Waals surface area contributed by atoms with E-state index < -0.39 is 6.10 Å². The van der Waals surface area contributed by atoms with Crippen molar-refractivity contribution in [1.29, 1.82) is 0 Å². The molecule has 2 rings (SSSR count). The van der Waals surface area contributed by atoms with Crippen LogP contribution in [0.1, 0.15) is 27.2 Å². The van der Waals surface area contributed by atoms with Crippen molar-refractivity contribution in [3.05, 3.63) is 11.4 Å². The quantitative estimate of drug-likeness (QED) is 0.499. The van der Waals surface area contributed by atoms with Gasteiger partial charge in [-0.1, -0.05) is 20.8 Å². The summed E-state index contributed by atoms with van der Waals surface area (Å²) in [4.78, 5) is 9.43.